The molecule has 0 atom stereocenters. The summed E-state index contributed by atoms with van der Waals surface area (Å²) < 4.78 is 16.2. The maximum absolute atomic E-state index is 12.5. The highest BCUT2D eigenvalue weighted by Crippen LogP contribution is 2.33. The minimum absolute atomic E-state index is 0.243. The molecule has 0 fully saturated rings. The Balaban J connectivity index is 2.45. The lowest BCUT2D eigenvalue weighted by Crippen LogP contribution is -2.19. The van der Waals surface area contributed by atoms with E-state index < -0.39 is 5.97 Å². The van der Waals surface area contributed by atoms with Crippen LogP contribution in [0.3, 0.4) is 0 Å². The summed E-state index contributed by atoms with van der Waals surface area (Å²) in [5.41, 5.74) is 1.90. The molecular weight excluding hydrogens is 334 g/mol. The number of nitrogens with zero attached hydrogens (tertiary/aromatic N) is 1. The number of methoxy groups -OCH3 is 1. The van der Waals surface area contributed by atoms with E-state index in [1.807, 2.05) is 26.0 Å². The first-order chi connectivity index (χ1) is 12.4. The van der Waals surface area contributed by atoms with Crippen molar-refractivity contribution in [3.8, 4) is 11.5 Å². The van der Waals surface area contributed by atoms with Gasteiger partial charge >= 0.3 is 5.97 Å². The zero-order valence-electron chi connectivity index (χ0n) is 15.9. The van der Waals surface area contributed by atoms with Gasteiger partial charge in [0.2, 0.25) is 0 Å². The van der Waals surface area contributed by atoms with Crippen LogP contribution in [0, 0.1) is 0 Å². The van der Waals surface area contributed by atoms with Crippen LogP contribution in [-0.2, 0) is 14.3 Å². The topological polar surface area (TPSA) is 65.1 Å². The first kappa shape index (κ1) is 19.6. The van der Waals surface area contributed by atoms with Crippen LogP contribution in [0.2, 0.25) is 0 Å². The van der Waals surface area contributed by atoms with E-state index in [2.05, 4.69) is 0 Å². The van der Waals surface area contributed by atoms with Crippen molar-refractivity contribution in [2.75, 3.05) is 27.4 Å². The summed E-state index contributed by atoms with van der Waals surface area (Å²) in [6.45, 7) is 6.74. The number of benzene rings is 1. The minimum atomic E-state index is -0.528. The number of hydrogen-bond donors (Lipinski definition) is 0. The fourth-order valence-corrected chi connectivity index (χ4v) is 2.68. The molecule has 0 unspecified atom stereocenters. The van der Waals surface area contributed by atoms with Gasteiger partial charge in [0.25, 0.3) is 5.91 Å². The average Bonchev–Trinajstić information content (AvgIpc) is 2.84. The van der Waals surface area contributed by atoms with Crippen LogP contribution in [-0.4, -0.2) is 44.1 Å². The molecule has 0 aromatic heterocycles. The first-order valence-electron chi connectivity index (χ1n) is 8.63. The minimum Gasteiger partial charge on any atom is -0.490 e. The third kappa shape index (κ3) is 3.90. The van der Waals surface area contributed by atoms with Gasteiger partial charge in [-0.05, 0) is 44.0 Å². The summed E-state index contributed by atoms with van der Waals surface area (Å²) >= 11 is 0. The molecule has 140 valence electrons. The van der Waals surface area contributed by atoms with Crippen LogP contribution in [0.25, 0.3) is 6.08 Å². The van der Waals surface area contributed by atoms with Crippen molar-refractivity contribution >= 4 is 18.0 Å². The van der Waals surface area contributed by atoms with Gasteiger partial charge in [0.15, 0.2) is 11.5 Å². The van der Waals surface area contributed by atoms with Gasteiger partial charge in [-0.2, -0.15) is 0 Å². The Bertz CT molecular complexity index is 763. The van der Waals surface area contributed by atoms with Gasteiger partial charge in [-0.3, -0.25) is 4.79 Å². The van der Waals surface area contributed by atoms with Crippen LogP contribution in [0.1, 0.15) is 32.8 Å². The van der Waals surface area contributed by atoms with Crippen molar-refractivity contribution in [3.63, 3.8) is 0 Å². The number of carbonyl (C=O) groups is 2. The van der Waals surface area contributed by atoms with Crippen LogP contribution >= 0.6 is 0 Å². The molecule has 0 spiro atoms. The number of ether oxygens (including phenoxy) is 3. The molecule has 1 aromatic rings. The zero-order valence-corrected chi connectivity index (χ0v) is 15.9. The van der Waals surface area contributed by atoms with Crippen LogP contribution in [0.5, 0.6) is 11.5 Å². The molecule has 1 aliphatic rings. The van der Waals surface area contributed by atoms with Gasteiger partial charge < -0.3 is 19.1 Å². The Labute approximate surface area is 154 Å². The predicted molar refractivity (Wildman–Crippen MR) is 98.9 cm³/mol. The van der Waals surface area contributed by atoms with Crippen molar-refractivity contribution in [2.24, 2.45) is 0 Å². The number of hydrogen-bond acceptors (Lipinski definition) is 5. The lowest BCUT2D eigenvalue weighted by Gasteiger charge is -2.12. The Morgan fingerprint density at radius 2 is 1.92 bits per heavy atom. The standard InChI is InChI=1S/C20H25NO5/c1-6-10-26-16-9-8-14(12-17(16)25-7-2)11-15-18(20(23)24-5)13(3)21(4)19(15)22/h8-9,11-12H,6-7,10H2,1-5H3/b15-11-. The zero-order chi connectivity index (χ0) is 19.3. The maximum Gasteiger partial charge on any atom is 0.340 e. The Morgan fingerprint density at radius 1 is 1.19 bits per heavy atom. The molecule has 1 heterocycles. The van der Waals surface area contributed by atoms with Gasteiger partial charge in [-0.1, -0.05) is 13.0 Å². The molecule has 0 bridgehead atoms. The van der Waals surface area contributed by atoms with E-state index in [1.165, 1.54) is 12.0 Å². The fourth-order valence-electron chi connectivity index (χ4n) is 2.68. The van der Waals surface area contributed by atoms with Crippen molar-refractivity contribution in [2.45, 2.75) is 27.2 Å². The second-order valence-corrected chi connectivity index (χ2v) is 5.86. The second-order valence-electron chi connectivity index (χ2n) is 5.86. The summed E-state index contributed by atoms with van der Waals surface area (Å²) in [4.78, 5) is 26.1. The molecule has 1 aromatic carbocycles. The summed E-state index contributed by atoms with van der Waals surface area (Å²) in [7, 11) is 2.94. The van der Waals surface area contributed by atoms with Gasteiger partial charge in [-0.25, -0.2) is 4.79 Å². The highest BCUT2D eigenvalue weighted by atomic mass is 16.5. The number of amides is 1. The molecule has 6 heteroatoms. The molecule has 0 saturated heterocycles. The number of esters is 1. The third-order valence-corrected chi connectivity index (χ3v) is 4.10. The molecule has 1 amide bonds. The Kier molecular flexibility index (Phi) is 6.44. The quantitative estimate of drug-likeness (QED) is 0.553. The van der Waals surface area contributed by atoms with Crippen LogP contribution in [0.4, 0.5) is 0 Å². The predicted octanol–water partition coefficient (Wildman–Crippen LogP) is 3.18. The van der Waals surface area contributed by atoms with E-state index in [-0.39, 0.29) is 11.5 Å². The normalized spacial score (nSPS) is 15.7. The fraction of sp³-hybridized carbons (Fsp3) is 0.400. The molecule has 0 radical (unpaired) electrons. The molecule has 0 aliphatic carbocycles. The molecule has 6 nitrogen and oxygen atoms in total. The first-order valence-corrected chi connectivity index (χ1v) is 8.63. The van der Waals surface area contributed by atoms with Gasteiger partial charge in [0.1, 0.15) is 0 Å². The average molecular weight is 359 g/mol. The van der Waals surface area contributed by atoms with Crippen molar-refractivity contribution in [1.29, 1.82) is 0 Å². The second kappa shape index (κ2) is 8.56. The number of likely N-dealkylation sites (N-methyl/N-ethyl adjacent to an activating group) is 1. The number of rotatable bonds is 7. The van der Waals surface area contributed by atoms with Gasteiger partial charge in [-0.15, -0.1) is 0 Å². The molecular formula is C20H25NO5. The van der Waals surface area contributed by atoms with E-state index in [0.717, 1.165) is 12.0 Å². The SMILES string of the molecule is CCCOc1ccc(/C=C2\C(=O)N(C)C(C)=C2C(=O)OC)cc1OCC. The lowest BCUT2D eigenvalue weighted by atomic mass is 10.0. The summed E-state index contributed by atoms with van der Waals surface area (Å²) in [5.74, 6) is 0.492. The Hall–Kier alpha value is -2.76. The van der Waals surface area contributed by atoms with E-state index in [9.17, 15) is 9.59 Å². The summed E-state index contributed by atoms with van der Waals surface area (Å²) in [6, 6.07) is 5.44. The van der Waals surface area contributed by atoms with Gasteiger partial charge in [0, 0.05) is 12.7 Å². The molecule has 0 saturated carbocycles. The Morgan fingerprint density at radius 3 is 2.54 bits per heavy atom. The summed E-state index contributed by atoms with van der Waals surface area (Å²) in [6.07, 6.45) is 2.57. The van der Waals surface area contributed by atoms with Crippen LogP contribution < -0.4 is 9.47 Å². The third-order valence-electron chi connectivity index (χ3n) is 4.10. The molecule has 0 N–H and O–H groups in total. The number of allylic oxidation sites excluding steroid dienone is 1. The van der Waals surface area contributed by atoms with E-state index >= 15 is 0 Å². The summed E-state index contributed by atoms with van der Waals surface area (Å²) in [5, 5.41) is 0. The molecule has 2 rings (SSSR count). The monoisotopic (exact) mass is 359 g/mol. The van der Waals surface area contributed by atoms with E-state index in [1.54, 1.807) is 26.1 Å². The largest absolute Gasteiger partial charge is 0.490 e. The van der Waals surface area contributed by atoms with Crippen LogP contribution in [0.15, 0.2) is 35.0 Å². The van der Waals surface area contributed by atoms with Crippen molar-refractivity contribution in [3.05, 3.63) is 40.6 Å². The molecule has 1 aliphatic heterocycles. The highest BCUT2D eigenvalue weighted by molar-refractivity contribution is 6.16. The van der Waals surface area contributed by atoms with E-state index in [4.69, 9.17) is 14.2 Å². The number of carbonyl (C=O) groups excluding carboxylic acids is 2. The molecule has 26 heavy (non-hydrogen) atoms. The lowest BCUT2D eigenvalue weighted by molar-refractivity contribution is -0.136. The van der Waals surface area contributed by atoms with Crippen molar-refractivity contribution in [1.82, 2.24) is 4.90 Å². The maximum atomic E-state index is 12.5. The van der Waals surface area contributed by atoms with Crippen molar-refractivity contribution < 1.29 is 23.8 Å². The van der Waals surface area contributed by atoms with Gasteiger partial charge in [0.05, 0.1) is 31.5 Å². The van der Waals surface area contributed by atoms with E-state index in [0.29, 0.717) is 36.0 Å². The smallest absolute Gasteiger partial charge is 0.340 e. The highest BCUT2D eigenvalue weighted by Gasteiger charge is 2.34.